The predicted molar refractivity (Wildman–Crippen MR) is 176 cm³/mol. The molecule has 1 aliphatic carbocycles. The molecule has 1 fully saturated rings. The summed E-state index contributed by atoms with van der Waals surface area (Å²) in [6, 6.07) is 17.4. The molecule has 0 bridgehead atoms. The minimum atomic E-state index is -0.860. The molecule has 1 amide bonds. The van der Waals surface area contributed by atoms with Crippen LogP contribution in [0, 0.1) is 0 Å². The van der Waals surface area contributed by atoms with E-state index in [1.54, 1.807) is 16.8 Å². The van der Waals surface area contributed by atoms with Gasteiger partial charge in [-0.1, -0.05) is 49.4 Å². The van der Waals surface area contributed by atoms with Crippen LogP contribution in [0.4, 0.5) is 5.69 Å². The van der Waals surface area contributed by atoms with E-state index in [2.05, 4.69) is 41.1 Å². The van der Waals surface area contributed by atoms with Gasteiger partial charge >= 0.3 is 0 Å². The van der Waals surface area contributed by atoms with E-state index in [-0.39, 0.29) is 35.2 Å². The molecule has 1 aromatic heterocycles. The number of fused-ring (bicyclic) bond motifs is 1. The first-order valence-corrected chi connectivity index (χ1v) is 16.2. The number of amides is 1. The Hall–Kier alpha value is -3.62. The summed E-state index contributed by atoms with van der Waals surface area (Å²) in [5.41, 5.74) is 3.87. The van der Waals surface area contributed by atoms with Gasteiger partial charge in [-0.05, 0) is 83.1 Å². The minimum Gasteiger partial charge on any atom is -0.487 e. The van der Waals surface area contributed by atoms with Crippen LogP contribution >= 0.6 is 0 Å². The molecule has 0 saturated heterocycles. The Morgan fingerprint density at radius 2 is 1.82 bits per heavy atom. The summed E-state index contributed by atoms with van der Waals surface area (Å²) in [6.07, 6.45) is 6.27. The van der Waals surface area contributed by atoms with E-state index >= 15 is 0 Å². The Morgan fingerprint density at radius 3 is 2.45 bits per heavy atom. The van der Waals surface area contributed by atoms with Gasteiger partial charge in [-0.15, -0.1) is 0 Å². The highest BCUT2D eigenvalue weighted by atomic mass is 16.5. The second kappa shape index (κ2) is 13.6. The maximum Gasteiger partial charge on any atom is 0.274 e. The molecule has 3 aromatic rings. The summed E-state index contributed by atoms with van der Waals surface area (Å²) in [6.45, 7) is 10.2. The number of pyridine rings is 1. The SMILES string of the molecule is CCc1ccc2c(c1)C(NC[C@@H](O)[C@H](Cc1ccccc1)NC(=O)c1cc(NC(C)C)c(=O)n(C(C)C)c1)CC1(CCC1)O2. The molecule has 4 N–H and O–H groups in total. The molecule has 2 heterocycles. The van der Waals surface area contributed by atoms with Gasteiger partial charge in [-0.25, -0.2) is 0 Å². The molecule has 2 aliphatic rings. The van der Waals surface area contributed by atoms with E-state index in [0.717, 1.165) is 42.6 Å². The van der Waals surface area contributed by atoms with Crippen molar-refractivity contribution in [1.29, 1.82) is 0 Å². The van der Waals surface area contributed by atoms with Crippen LogP contribution in [0.15, 0.2) is 65.6 Å². The highest BCUT2D eigenvalue weighted by Crippen LogP contribution is 2.49. The number of carbonyl (C=O) groups excluding carboxylic acids is 1. The number of aliphatic hydroxyl groups excluding tert-OH is 1. The summed E-state index contributed by atoms with van der Waals surface area (Å²) in [5.74, 6) is 0.601. The van der Waals surface area contributed by atoms with Crippen LogP contribution in [0.25, 0.3) is 0 Å². The maximum atomic E-state index is 13.7. The number of carbonyl (C=O) groups is 1. The lowest BCUT2D eigenvalue weighted by Crippen LogP contribution is -2.52. The lowest BCUT2D eigenvalue weighted by molar-refractivity contribution is -0.0382. The first-order chi connectivity index (χ1) is 21.1. The number of rotatable bonds is 12. The number of ether oxygens (including phenoxy) is 1. The number of aromatic nitrogens is 1. The van der Waals surface area contributed by atoms with Crippen LogP contribution in [-0.2, 0) is 12.8 Å². The van der Waals surface area contributed by atoms with E-state index in [1.165, 1.54) is 12.0 Å². The second-order valence-corrected chi connectivity index (χ2v) is 13.1. The third-order valence-electron chi connectivity index (χ3n) is 8.98. The van der Waals surface area contributed by atoms with Crippen molar-refractivity contribution in [3.63, 3.8) is 0 Å². The van der Waals surface area contributed by atoms with E-state index in [4.69, 9.17) is 4.74 Å². The highest BCUT2D eigenvalue weighted by Gasteiger charge is 2.45. The number of hydrogen-bond donors (Lipinski definition) is 4. The fourth-order valence-electron chi connectivity index (χ4n) is 6.33. The molecule has 5 rings (SSSR count). The molecule has 0 radical (unpaired) electrons. The number of nitrogens with zero attached hydrogens (tertiary/aromatic N) is 1. The van der Waals surface area contributed by atoms with Crippen molar-refractivity contribution in [3.05, 3.63) is 93.4 Å². The molecule has 1 spiro atoms. The zero-order valence-corrected chi connectivity index (χ0v) is 26.7. The van der Waals surface area contributed by atoms with E-state index in [9.17, 15) is 14.7 Å². The van der Waals surface area contributed by atoms with E-state index < -0.39 is 12.1 Å². The molecular weight excluding hydrogens is 552 g/mol. The quantitative estimate of drug-likeness (QED) is 0.217. The van der Waals surface area contributed by atoms with Gasteiger partial charge < -0.3 is 30.4 Å². The van der Waals surface area contributed by atoms with Gasteiger partial charge in [0.2, 0.25) is 0 Å². The monoisotopic (exact) mass is 600 g/mol. The Labute approximate surface area is 261 Å². The molecule has 236 valence electrons. The van der Waals surface area contributed by atoms with Crippen LogP contribution in [0.3, 0.4) is 0 Å². The molecule has 8 nitrogen and oxygen atoms in total. The van der Waals surface area contributed by atoms with Crippen molar-refractivity contribution >= 4 is 11.6 Å². The van der Waals surface area contributed by atoms with Gasteiger partial charge in [-0.3, -0.25) is 9.59 Å². The summed E-state index contributed by atoms with van der Waals surface area (Å²) in [7, 11) is 0. The Morgan fingerprint density at radius 1 is 1.07 bits per heavy atom. The van der Waals surface area contributed by atoms with Crippen molar-refractivity contribution in [2.24, 2.45) is 0 Å². The van der Waals surface area contributed by atoms with Gasteiger partial charge in [0.1, 0.15) is 17.0 Å². The van der Waals surface area contributed by atoms with Crippen molar-refractivity contribution < 1.29 is 14.6 Å². The summed E-state index contributed by atoms with van der Waals surface area (Å²) in [4.78, 5) is 26.8. The predicted octanol–water partition coefficient (Wildman–Crippen LogP) is 5.55. The normalized spacial score (nSPS) is 18.3. The first kappa shape index (κ1) is 31.8. The summed E-state index contributed by atoms with van der Waals surface area (Å²) in [5, 5.41) is 21.6. The van der Waals surface area contributed by atoms with Gasteiger partial charge in [0.05, 0.1) is 17.7 Å². The second-order valence-electron chi connectivity index (χ2n) is 13.1. The van der Waals surface area contributed by atoms with Gasteiger partial charge in [0.15, 0.2) is 0 Å². The van der Waals surface area contributed by atoms with Crippen LogP contribution < -0.4 is 26.2 Å². The van der Waals surface area contributed by atoms with Crippen LogP contribution in [-0.4, -0.2) is 45.9 Å². The third kappa shape index (κ3) is 7.19. The number of hydrogen-bond acceptors (Lipinski definition) is 6. The first-order valence-electron chi connectivity index (χ1n) is 16.2. The number of benzene rings is 2. The standard InChI is InChI=1S/C36H48N4O4/c1-6-25-13-14-33-28(17-25)31(20-36(44-33)15-10-16-36)37-21-32(41)29(18-26-11-8-7-9-12-26)39-34(42)27-19-30(38-23(2)3)35(43)40(22-27)24(4)5/h7-9,11-14,17,19,22-24,29,31-32,37-38,41H,6,10,15-16,18,20-21H2,1-5H3,(H,39,42)/t29-,31?,32+/m0/s1. The Kier molecular flexibility index (Phi) is 9.81. The largest absolute Gasteiger partial charge is 0.487 e. The molecule has 1 saturated carbocycles. The molecule has 1 unspecified atom stereocenters. The summed E-state index contributed by atoms with van der Waals surface area (Å²) >= 11 is 0. The zero-order chi connectivity index (χ0) is 31.4. The average molecular weight is 601 g/mol. The Bertz CT molecular complexity index is 1500. The number of anilines is 1. The van der Waals surface area contributed by atoms with Crippen molar-refractivity contribution in [3.8, 4) is 5.75 Å². The van der Waals surface area contributed by atoms with Crippen molar-refractivity contribution in [2.75, 3.05) is 11.9 Å². The lowest BCUT2D eigenvalue weighted by atomic mass is 9.72. The average Bonchev–Trinajstić information content (AvgIpc) is 2.99. The van der Waals surface area contributed by atoms with Gasteiger partial charge in [0, 0.05) is 42.9 Å². The fourth-order valence-corrected chi connectivity index (χ4v) is 6.33. The van der Waals surface area contributed by atoms with Crippen LogP contribution in [0.2, 0.25) is 0 Å². The number of nitrogens with one attached hydrogen (secondary N) is 3. The van der Waals surface area contributed by atoms with E-state index in [0.29, 0.717) is 24.2 Å². The molecule has 3 atom stereocenters. The minimum absolute atomic E-state index is 0.0307. The van der Waals surface area contributed by atoms with Gasteiger partial charge in [0.25, 0.3) is 11.5 Å². The molecule has 2 aromatic carbocycles. The van der Waals surface area contributed by atoms with Gasteiger partial charge in [-0.2, -0.15) is 0 Å². The molecular formula is C36H48N4O4. The van der Waals surface area contributed by atoms with Crippen LogP contribution in [0.1, 0.15) is 99.4 Å². The molecule has 1 aliphatic heterocycles. The smallest absolute Gasteiger partial charge is 0.274 e. The van der Waals surface area contributed by atoms with Crippen molar-refractivity contribution in [2.45, 2.75) is 109 Å². The zero-order valence-electron chi connectivity index (χ0n) is 26.7. The molecule has 8 heteroatoms. The lowest BCUT2D eigenvalue weighted by Gasteiger charge is -2.48. The van der Waals surface area contributed by atoms with Crippen LogP contribution in [0.5, 0.6) is 5.75 Å². The summed E-state index contributed by atoms with van der Waals surface area (Å²) < 4.78 is 8.08. The maximum absolute atomic E-state index is 13.7. The number of aryl methyl sites for hydroxylation is 1. The Balaban J connectivity index is 1.37. The van der Waals surface area contributed by atoms with E-state index in [1.807, 2.05) is 58.0 Å². The highest BCUT2D eigenvalue weighted by molar-refractivity contribution is 5.95. The molecule has 44 heavy (non-hydrogen) atoms. The van der Waals surface area contributed by atoms with Crippen molar-refractivity contribution in [1.82, 2.24) is 15.2 Å². The topological polar surface area (TPSA) is 105 Å². The third-order valence-corrected chi connectivity index (χ3v) is 8.98. The number of aliphatic hydroxyl groups is 1. The fraction of sp³-hybridized carbons (Fsp3) is 0.500.